The van der Waals surface area contributed by atoms with Gasteiger partial charge in [0.1, 0.15) is 0 Å². The third-order valence-electron chi connectivity index (χ3n) is 1.93. The lowest BCUT2D eigenvalue weighted by molar-refractivity contribution is -0.121. The van der Waals surface area contributed by atoms with Crippen LogP contribution in [0.4, 0.5) is 0 Å². The minimum atomic E-state index is -0.355. The van der Waals surface area contributed by atoms with Gasteiger partial charge in [-0.3, -0.25) is 9.48 Å². The summed E-state index contributed by atoms with van der Waals surface area (Å²) in [6, 6.07) is 0. The van der Waals surface area contributed by atoms with Gasteiger partial charge in [0, 0.05) is 19.8 Å². The maximum atomic E-state index is 10.9. The van der Waals surface area contributed by atoms with Gasteiger partial charge in [-0.15, -0.1) is 0 Å². The Kier molecular flexibility index (Phi) is 3.02. The lowest BCUT2D eigenvalue weighted by Gasteiger charge is -2.07. The van der Waals surface area contributed by atoms with E-state index in [-0.39, 0.29) is 18.4 Å². The second-order valence-electron chi connectivity index (χ2n) is 3.06. The molecule has 5 nitrogen and oxygen atoms in total. The van der Waals surface area contributed by atoms with Gasteiger partial charge in [0.25, 0.3) is 0 Å². The van der Waals surface area contributed by atoms with E-state index in [4.69, 9.17) is 11.5 Å². The predicted molar refractivity (Wildman–Crippen MR) is 48.7 cm³/mol. The molecule has 0 spiro atoms. The van der Waals surface area contributed by atoms with Gasteiger partial charge in [-0.1, -0.05) is 0 Å². The molecule has 1 heterocycles. The summed E-state index contributed by atoms with van der Waals surface area (Å²) in [5.74, 6) is -0.643. The highest BCUT2D eigenvalue weighted by atomic mass is 16.1. The van der Waals surface area contributed by atoms with Crippen molar-refractivity contribution in [1.82, 2.24) is 9.78 Å². The first-order valence-electron chi connectivity index (χ1n) is 4.10. The molecular formula is C8H14N4O. The first kappa shape index (κ1) is 9.73. The van der Waals surface area contributed by atoms with E-state index in [0.29, 0.717) is 6.42 Å². The fraction of sp³-hybridized carbons (Fsp3) is 0.500. The van der Waals surface area contributed by atoms with Crippen molar-refractivity contribution in [1.29, 1.82) is 0 Å². The monoisotopic (exact) mass is 182 g/mol. The molecule has 0 bridgehead atoms. The number of primary amides is 1. The van der Waals surface area contributed by atoms with Crippen LogP contribution >= 0.6 is 0 Å². The molecule has 0 unspecified atom stereocenters. The van der Waals surface area contributed by atoms with Crippen LogP contribution in [-0.4, -0.2) is 22.2 Å². The Balaban J connectivity index is 2.61. The van der Waals surface area contributed by atoms with Crippen molar-refractivity contribution in [2.24, 2.45) is 24.4 Å². The van der Waals surface area contributed by atoms with Crippen molar-refractivity contribution in [2.45, 2.75) is 6.42 Å². The van der Waals surface area contributed by atoms with E-state index in [0.717, 1.165) is 5.56 Å². The zero-order chi connectivity index (χ0) is 9.84. The molecule has 72 valence electrons. The Labute approximate surface area is 76.7 Å². The third kappa shape index (κ3) is 2.55. The Morgan fingerprint density at radius 2 is 2.46 bits per heavy atom. The molecule has 4 N–H and O–H groups in total. The van der Waals surface area contributed by atoms with E-state index >= 15 is 0 Å². The van der Waals surface area contributed by atoms with Crippen LogP contribution in [0.3, 0.4) is 0 Å². The highest BCUT2D eigenvalue weighted by Crippen LogP contribution is 2.05. The summed E-state index contributed by atoms with van der Waals surface area (Å²) < 4.78 is 1.68. The summed E-state index contributed by atoms with van der Waals surface area (Å²) in [5.41, 5.74) is 11.5. The van der Waals surface area contributed by atoms with E-state index in [1.807, 2.05) is 13.2 Å². The first-order valence-corrected chi connectivity index (χ1v) is 4.10. The van der Waals surface area contributed by atoms with Gasteiger partial charge >= 0.3 is 0 Å². The molecule has 0 aliphatic rings. The number of hydrogen-bond acceptors (Lipinski definition) is 3. The second-order valence-corrected chi connectivity index (χ2v) is 3.06. The number of amides is 1. The zero-order valence-corrected chi connectivity index (χ0v) is 7.60. The molecule has 1 rings (SSSR count). The molecule has 0 aliphatic heterocycles. The third-order valence-corrected chi connectivity index (χ3v) is 1.93. The van der Waals surface area contributed by atoms with Crippen LogP contribution in [-0.2, 0) is 18.3 Å². The van der Waals surface area contributed by atoms with Gasteiger partial charge < -0.3 is 11.5 Å². The largest absolute Gasteiger partial charge is 0.369 e. The van der Waals surface area contributed by atoms with Crippen LogP contribution in [0, 0.1) is 5.92 Å². The summed E-state index contributed by atoms with van der Waals surface area (Å²) in [6.45, 7) is 0.282. The molecule has 0 aromatic carbocycles. The number of rotatable bonds is 4. The summed E-state index contributed by atoms with van der Waals surface area (Å²) in [5, 5.41) is 3.99. The Morgan fingerprint density at radius 3 is 2.85 bits per heavy atom. The summed E-state index contributed by atoms with van der Waals surface area (Å²) in [4.78, 5) is 10.9. The van der Waals surface area contributed by atoms with Crippen molar-refractivity contribution >= 4 is 5.91 Å². The minimum absolute atomic E-state index is 0.282. The van der Waals surface area contributed by atoms with Crippen LogP contribution in [0.2, 0.25) is 0 Å². The predicted octanol–water partition coefficient (Wildman–Crippen LogP) is -0.977. The molecule has 1 amide bonds. The highest BCUT2D eigenvalue weighted by molar-refractivity contribution is 5.77. The molecule has 0 radical (unpaired) electrons. The SMILES string of the molecule is Cn1cc(C[C@@H](CN)C(N)=O)cn1. The van der Waals surface area contributed by atoms with Crippen LogP contribution < -0.4 is 11.5 Å². The van der Waals surface area contributed by atoms with Crippen LogP contribution in [0.25, 0.3) is 0 Å². The lowest BCUT2D eigenvalue weighted by atomic mass is 10.0. The highest BCUT2D eigenvalue weighted by Gasteiger charge is 2.14. The van der Waals surface area contributed by atoms with Gasteiger partial charge in [-0.05, 0) is 12.0 Å². The maximum absolute atomic E-state index is 10.9. The molecule has 1 aromatic rings. The maximum Gasteiger partial charge on any atom is 0.222 e. The van der Waals surface area contributed by atoms with E-state index in [9.17, 15) is 4.79 Å². The van der Waals surface area contributed by atoms with E-state index < -0.39 is 0 Å². The topological polar surface area (TPSA) is 86.9 Å². The van der Waals surface area contributed by atoms with E-state index in [2.05, 4.69) is 5.10 Å². The van der Waals surface area contributed by atoms with Gasteiger partial charge in [0.05, 0.1) is 12.1 Å². The van der Waals surface area contributed by atoms with Crippen LogP contribution in [0.1, 0.15) is 5.56 Å². The average molecular weight is 182 g/mol. The number of aromatic nitrogens is 2. The molecule has 1 aromatic heterocycles. The van der Waals surface area contributed by atoms with Crippen molar-refractivity contribution < 1.29 is 4.79 Å². The van der Waals surface area contributed by atoms with Gasteiger partial charge in [0.2, 0.25) is 5.91 Å². The number of nitrogens with two attached hydrogens (primary N) is 2. The van der Waals surface area contributed by atoms with Gasteiger partial charge in [-0.25, -0.2) is 0 Å². The molecule has 1 atom stereocenters. The van der Waals surface area contributed by atoms with Crippen molar-refractivity contribution in [3.8, 4) is 0 Å². The molecule has 0 saturated carbocycles. The molecule has 0 aliphatic carbocycles. The van der Waals surface area contributed by atoms with Crippen molar-refractivity contribution in [3.05, 3.63) is 18.0 Å². The molecule has 5 heteroatoms. The van der Waals surface area contributed by atoms with Crippen LogP contribution in [0.5, 0.6) is 0 Å². The quantitative estimate of drug-likeness (QED) is 0.627. The van der Waals surface area contributed by atoms with Gasteiger partial charge in [-0.2, -0.15) is 5.10 Å². The Bertz CT molecular complexity index is 294. The fourth-order valence-corrected chi connectivity index (χ4v) is 1.16. The average Bonchev–Trinajstić information content (AvgIpc) is 2.46. The molecular weight excluding hydrogens is 168 g/mol. The summed E-state index contributed by atoms with van der Waals surface area (Å²) >= 11 is 0. The van der Waals surface area contributed by atoms with Crippen molar-refractivity contribution in [3.63, 3.8) is 0 Å². The zero-order valence-electron chi connectivity index (χ0n) is 7.60. The molecule has 13 heavy (non-hydrogen) atoms. The standard InChI is InChI=1S/C8H14N4O/c1-12-5-6(4-11-12)2-7(3-9)8(10)13/h4-5,7H,2-3,9H2,1H3,(H2,10,13)/t7-/m0/s1. The lowest BCUT2D eigenvalue weighted by Crippen LogP contribution is -2.31. The number of carbonyl (C=O) groups is 1. The normalized spacial score (nSPS) is 12.8. The van der Waals surface area contributed by atoms with Gasteiger partial charge in [0.15, 0.2) is 0 Å². The number of aryl methyl sites for hydroxylation is 1. The summed E-state index contributed by atoms with van der Waals surface area (Å²) in [7, 11) is 1.82. The fourth-order valence-electron chi connectivity index (χ4n) is 1.16. The number of carbonyl (C=O) groups excluding carboxylic acids is 1. The second kappa shape index (κ2) is 4.04. The van der Waals surface area contributed by atoms with Crippen molar-refractivity contribution in [2.75, 3.05) is 6.54 Å². The van der Waals surface area contributed by atoms with E-state index in [1.165, 1.54) is 0 Å². The first-order chi connectivity index (χ1) is 6.13. The van der Waals surface area contributed by atoms with E-state index in [1.54, 1.807) is 10.9 Å². The number of hydrogen-bond donors (Lipinski definition) is 2. The molecule has 0 saturated heterocycles. The molecule has 0 fully saturated rings. The van der Waals surface area contributed by atoms with Crippen LogP contribution in [0.15, 0.2) is 12.4 Å². The number of nitrogens with zero attached hydrogens (tertiary/aromatic N) is 2. The summed E-state index contributed by atoms with van der Waals surface area (Å²) in [6.07, 6.45) is 4.14. The Morgan fingerprint density at radius 1 is 1.77 bits per heavy atom. The minimum Gasteiger partial charge on any atom is -0.369 e. The Hall–Kier alpha value is -1.36. The smallest absolute Gasteiger partial charge is 0.222 e.